The first kappa shape index (κ1) is 8.53. The summed E-state index contributed by atoms with van der Waals surface area (Å²) in [5.74, 6) is -0.834. The number of aliphatic carboxylic acids is 1. The molecule has 1 rings (SSSR count). The summed E-state index contributed by atoms with van der Waals surface area (Å²) in [4.78, 5) is 10.7. The van der Waals surface area contributed by atoms with Gasteiger partial charge in [-0.1, -0.05) is 6.92 Å². The topological polar surface area (TPSA) is 46.5 Å². The summed E-state index contributed by atoms with van der Waals surface area (Å²) in [7, 11) is 0. The predicted molar refractivity (Wildman–Crippen MR) is 40.4 cm³/mol. The average Bonchev–Trinajstić information content (AvgIpc) is 1.81. The molecule has 3 nitrogen and oxygen atoms in total. The molecule has 0 aromatic rings. The second kappa shape index (κ2) is 2.21. The van der Waals surface area contributed by atoms with Crippen molar-refractivity contribution in [3.05, 3.63) is 0 Å². The molecule has 1 unspecified atom stereocenters. The second-order valence-corrected chi connectivity index (χ2v) is 3.69. The fraction of sp³-hybridized carbons (Fsp3) is 0.875. The number of ether oxygens (including phenoxy) is 1. The summed E-state index contributed by atoms with van der Waals surface area (Å²) in [5.41, 5.74) is -1.13. The van der Waals surface area contributed by atoms with Gasteiger partial charge < -0.3 is 9.84 Å². The van der Waals surface area contributed by atoms with Crippen LogP contribution in [0, 0.1) is 0 Å². The number of carboxylic acids is 1. The minimum absolute atomic E-state index is 0.242. The Morgan fingerprint density at radius 1 is 1.64 bits per heavy atom. The zero-order chi connectivity index (χ0) is 8.70. The van der Waals surface area contributed by atoms with Crippen molar-refractivity contribution in [1.29, 1.82) is 0 Å². The van der Waals surface area contributed by atoms with Gasteiger partial charge in [-0.05, 0) is 20.3 Å². The van der Waals surface area contributed by atoms with Crippen LogP contribution in [0.2, 0.25) is 0 Å². The minimum atomic E-state index is -0.885. The van der Waals surface area contributed by atoms with Crippen LogP contribution in [0.5, 0.6) is 0 Å². The van der Waals surface area contributed by atoms with Crippen molar-refractivity contribution in [2.24, 2.45) is 0 Å². The third kappa shape index (κ3) is 1.25. The van der Waals surface area contributed by atoms with Gasteiger partial charge in [-0.2, -0.15) is 0 Å². The average molecular weight is 158 g/mol. The molecule has 1 atom stereocenters. The zero-order valence-electron chi connectivity index (χ0n) is 7.18. The van der Waals surface area contributed by atoms with Crippen LogP contribution in [0.15, 0.2) is 0 Å². The van der Waals surface area contributed by atoms with Crippen LogP contribution in [-0.2, 0) is 9.53 Å². The van der Waals surface area contributed by atoms with Gasteiger partial charge in [-0.15, -0.1) is 0 Å². The van der Waals surface area contributed by atoms with E-state index in [-0.39, 0.29) is 5.60 Å². The first-order valence-corrected chi connectivity index (χ1v) is 3.85. The van der Waals surface area contributed by atoms with E-state index >= 15 is 0 Å². The molecule has 0 spiro atoms. The lowest BCUT2D eigenvalue weighted by atomic mass is 9.80. The normalized spacial score (nSPS) is 34.5. The SMILES string of the molecule is CCC1(C(=O)O)CC(C)(C)O1. The monoisotopic (exact) mass is 158 g/mol. The first-order valence-electron chi connectivity index (χ1n) is 3.85. The molecule has 0 aromatic heterocycles. The van der Waals surface area contributed by atoms with Crippen molar-refractivity contribution in [2.45, 2.75) is 44.8 Å². The molecular formula is C8H14O3. The standard InChI is InChI=1S/C8H14O3/c1-4-8(6(9)10)5-7(2,3)11-8/h4-5H2,1-3H3,(H,9,10). The van der Waals surface area contributed by atoms with E-state index < -0.39 is 11.6 Å². The Labute approximate surface area is 66.4 Å². The third-order valence-corrected chi connectivity index (χ3v) is 2.14. The molecule has 0 radical (unpaired) electrons. The maximum absolute atomic E-state index is 10.7. The zero-order valence-corrected chi connectivity index (χ0v) is 7.18. The lowest BCUT2D eigenvalue weighted by Crippen LogP contribution is -2.60. The molecule has 64 valence electrons. The van der Waals surface area contributed by atoms with Gasteiger partial charge in [0, 0.05) is 6.42 Å². The highest BCUT2D eigenvalue weighted by molar-refractivity contribution is 5.78. The lowest BCUT2D eigenvalue weighted by Gasteiger charge is -2.50. The Balaban J connectivity index is 2.64. The van der Waals surface area contributed by atoms with Gasteiger partial charge in [0.25, 0.3) is 0 Å². The summed E-state index contributed by atoms with van der Waals surface area (Å²) in [5, 5.41) is 8.79. The maximum Gasteiger partial charge on any atom is 0.336 e. The number of carbonyl (C=O) groups is 1. The van der Waals surface area contributed by atoms with Crippen LogP contribution in [0.1, 0.15) is 33.6 Å². The van der Waals surface area contributed by atoms with Gasteiger partial charge >= 0.3 is 5.97 Å². The molecule has 3 heteroatoms. The Hall–Kier alpha value is -0.570. The molecule has 1 fully saturated rings. The molecule has 0 aromatic carbocycles. The van der Waals surface area contributed by atoms with Gasteiger partial charge in [0.1, 0.15) is 0 Å². The molecule has 11 heavy (non-hydrogen) atoms. The summed E-state index contributed by atoms with van der Waals surface area (Å²) in [6.45, 7) is 5.65. The van der Waals surface area contributed by atoms with Gasteiger partial charge in [-0.25, -0.2) is 4.79 Å². The molecule has 1 N–H and O–H groups in total. The number of carboxylic acid groups (broad SMARTS) is 1. The van der Waals surface area contributed by atoms with Crippen LogP contribution in [0.4, 0.5) is 0 Å². The largest absolute Gasteiger partial charge is 0.479 e. The smallest absolute Gasteiger partial charge is 0.336 e. The fourth-order valence-electron chi connectivity index (χ4n) is 1.68. The van der Waals surface area contributed by atoms with Gasteiger partial charge in [-0.3, -0.25) is 0 Å². The Bertz CT molecular complexity index is 176. The summed E-state index contributed by atoms with van der Waals surface area (Å²) < 4.78 is 5.33. The van der Waals surface area contributed by atoms with E-state index in [9.17, 15) is 4.79 Å². The molecule has 1 saturated heterocycles. The van der Waals surface area contributed by atoms with E-state index in [1.54, 1.807) is 0 Å². The van der Waals surface area contributed by atoms with Crippen molar-refractivity contribution in [1.82, 2.24) is 0 Å². The number of rotatable bonds is 2. The van der Waals surface area contributed by atoms with E-state index in [2.05, 4.69) is 0 Å². The molecule has 0 bridgehead atoms. The van der Waals surface area contributed by atoms with E-state index in [0.717, 1.165) is 0 Å². The van der Waals surface area contributed by atoms with Crippen LogP contribution in [-0.4, -0.2) is 22.3 Å². The molecule has 1 aliphatic heterocycles. The fourth-order valence-corrected chi connectivity index (χ4v) is 1.68. The Morgan fingerprint density at radius 3 is 2.18 bits per heavy atom. The highest BCUT2D eigenvalue weighted by Crippen LogP contribution is 2.43. The van der Waals surface area contributed by atoms with E-state index in [1.807, 2.05) is 20.8 Å². The highest BCUT2D eigenvalue weighted by Gasteiger charge is 2.54. The van der Waals surface area contributed by atoms with Gasteiger partial charge in [0.2, 0.25) is 0 Å². The van der Waals surface area contributed by atoms with Crippen molar-refractivity contribution >= 4 is 5.97 Å². The van der Waals surface area contributed by atoms with E-state index in [0.29, 0.717) is 12.8 Å². The van der Waals surface area contributed by atoms with Gasteiger partial charge in [0.15, 0.2) is 5.60 Å². The predicted octanol–water partition coefficient (Wildman–Crippen LogP) is 1.42. The number of hydrogen-bond acceptors (Lipinski definition) is 2. The second-order valence-electron chi connectivity index (χ2n) is 3.69. The molecule has 0 aliphatic carbocycles. The first-order chi connectivity index (χ1) is 4.92. The quantitative estimate of drug-likeness (QED) is 0.661. The molecule has 1 aliphatic rings. The minimum Gasteiger partial charge on any atom is -0.479 e. The highest BCUT2D eigenvalue weighted by atomic mass is 16.6. The molecular weight excluding hydrogens is 144 g/mol. The van der Waals surface area contributed by atoms with Crippen molar-refractivity contribution in [3.63, 3.8) is 0 Å². The summed E-state index contributed by atoms with van der Waals surface area (Å²) >= 11 is 0. The van der Waals surface area contributed by atoms with Crippen LogP contribution >= 0.6 is 0 Å². The van der Waals surface area contributed by atoms with Gasteiger partial charge in [0.05, 0.1) is 5.60 Å². The van der Waals surface area contributed by atoms with Crippen LogP contribution in [0.3, 0.4) is 0 Å². The van der Waals surface area contributed by atoms with Crippen LogP contribution < -0.4 is 0 Å². The summed E-state index contributed by atoms with van der Waals surface area (Å²) in [6.07, 6.45) is 1.16. The lowest BCUT2D eigenvalue weighted by molar-refractivity contribution is -0.258. The molecule has 0 amide bonds. The molecule has 1 heterocycles. The number of hydrogen-bond donors (Lipinski definition) is 1. The van der Waals surface area contributed by atoms with E-state index in [1.165, 1.54) is 0 Å². The summed E-state index contributed by atoms with van der Waals surface area (Å²) in [6, 6.07) is 0. The van der Waals surface area contributed by atoms with E-state index in [4.69, 9.17) is 9.84 Å². The third-order valence-electron chi connectivity index (χ3n) is 2.14. The van der Waals surface area contributed by atoms with Crippen LogP contribution in [0.25, 0.3) is 0 Å². The Kier molecular flexibility index (Phi) is 1.71. The van der Waals surface area contributed by atoms with Crippen molar-refractivity contribution in [2.75, 3.05) is 0 Å². The van der Waals surface area contributed by atoms with Crippen molar-refractivity contribution < 1.29 is 14.6 Å². The maximum atomic E-state index is 10.7. The Morgan fingerprint density at radius 2 is 2.09 bits per heavy atom. The molecule has 0 saturated carbocycles. The van der Waals surface area contributed by atoms with Crippen molar-refractivity contribution in [3.8, 4) is 0 Å².